The summed E-state index contributed by atoms with van der Waals surface area (Å²) in [6, 6.07) is 9.22. The Balaban J connectivity index is 1.21. The van der Waals surface area contributed by atoms with E-state index in [1.807, 2.05) is 0 Å². The molecule has 5 aliphatic carbocycles. The molecule has 1 aliphatic heterocycles. The fraction of sp³-hybridized carbons (Fsp3) is 0.760. The van der Waals surface area contributed by atoms with E-state index < -0.39 is 0 Å². The number of nitrogens with two attached hydrogens (primary N) is 1. The number of hydrogen-bond acceptors (Lipinski definition) is 3. The molecule has 0 amide bonds. The third kappa shape index (κ3) is 2.73. The number of rotatable bonds is 3. The summed E-state index contributed by atoms with van der Waals surface area (Å²) in [5, 5.41) is 0. The molecule has 0 unspecified atom stereocenters. The molecule has 2 atom stereocenters. The van der Waals surface area contributed by atoms with Crippen LogP contribution in [0.1, 0.15) is 81.3 Å². The van der Waals surface area contributed by atoms with Crippen molar-refractivity contribution in [2.45, 2.75) is 87.7 Å². The lowest BCUT2D eigenvalue weighted by Gasteiger charge is -2.58. The molecule has 3 heteroatoms. The topological polar surface area (TPSA) is 44.5 Å². The summed E-state index contributed by atoms with van der Waals surface area (Å²) in [5.41, 5.74) is 8.56. The van der Waals surface area contributed by atoms with Gasteiger partial charge in [0.15, 0.2) is 0 Å². The van der Waals surface area contributed by atoms with Gasteiger partial charge in [0.25, 0.3) is 0 Å². The van der Waals surface area contributed by atoms with Crippen LogP contribution in [0.15, 0.2) is 24.3 Å². The van der Waals surface area contributed by atoms with Gasteiger partial charge >= 0.3 is 0 Å². The lowest BCUT2D eigenvalue weighted by molar-refractivity contribution is -0.385. The second kappa shape index (κ2) is 6.55. The van der Waals surface area contributed by atoms with Gasteiger partial charge in [0.1, 0.15) is 11.2 Å². The van der Waals surface area contributed by atoms with Gasteiger partial charge in [-0.2, -0.15) is 0 Å². The minimum atomic E-state index is -0.0335. The Kier molecular flexibility index (Phi) is 4.19. The van der Waals surface area contributed by atoms with Gasteiger partial charge in [-0.15, -0.1) is 0 Å². The molecule has 6 fully saturated rings. The Labute approximate surface area is 169 Å². The Bertz CT molecular complexity index is 701. The molecule has 1 aromatic rings. The van der Waals surface area contributed by atoms with E-state index in [0.29, 0.717) is 5.92 Å². The Morgan fingerprint density at radius 2 is 1.64 bits per heavy atom. The van der Waals surface area contributed by atoms with Gasteiger partial charge in [-0.1, -0.05) is 24.3 Å². The quantitative estimate of drug-likeness (QED) is 0.738. The summed E-state index contributed by atoms with van der Waals surface area (Å²) in [4.78, 5) is 12.8. The van der Waals surface area contributed by atoms with Gasteiger partial charge in [-0.05, 0) is 111 Å². The number of hydrogen-bond donors (Lipinski definition) is 1. The first-order valence-corrected chi connectivity index (χ1v) is 11.8. The molecule has 1 heterocycles. The van der Waals surface area contributed by atoms with E-state index in [4.69, 9.17) is 15.5 Å². The van der Waals surface area contributed by atoms with Gasteiger partial charge in [0.05, 0.1) is 0 Å². The molecule has 152 valence electrons. The van der Waals surface area contributed by atoms with Crippen molar-refractivity contribution in [3.05, 3.63) is 35.4 Å². The number of benzene rings is 1. The van der Waals surface area contributed by atoms with E-state index in [-0.39, 0.29) is 11.2 Å². The second-order valence-corrected chi connectivity index (χ2v) is 10.9. The molecule has 7 rings (SSSR count). The first-order chi connectivity index (χ1) is 13.7. The molecule has 1 saturated heterocycles. The Hall–Kier alpha value is -0.900. The summed E-state index contributed by atoms with van der Waals surface area (Å²) in [6.45, 7) is 0.725. The van der Waals surface area contributed by atoms with E-state index >= 15 is 0 Å². The summed E-state index contributed by atoms with van der Waals surface area (Å²) in [5.74, 6) is 4.10. The van der Waals surface area contributed by atoms with E-state index in [1.54, 1.807) is 0 Å². The zero-order valence-corrected chi connectivity index (χ0v) is 17.1. The van der Waals surface area contributed by atoms with Gasteiger partial charge in [-0.25, -0.2) is 9.78 Å². The van der Waals surface area contributed by atoms with Gasteiger partial charge < -0.3 is 5.73 Å². The lowest BCUT2D eigenvalue weighted by atomic mass is 9.48. The molecule has 0 radical (unpaired) electrons. The first kappa shape index (κ1) is 17.9. The van der Waals surface area contributed by atoms with Crippen LogP contribution in [0.25, 0.3) is 0 Å². The largest absolute Gasteiger partial charge is 0.330 e. The first-order valence-electron chi connectivity index (χ1n) is 11.8. The zero-order valence-electron chi connectivity index (χ0n) is 17.1. The molecule has 1 aromatic carbocycles. The molecule has 5 saturated carbocycles. The third-order valence-corrected chi connectivity index (χ3v) is 9.18. The predicted octanol–water partition coefficient (Wildman–Crippen LogP) is 5.13. The molecule has 2 N–H and O–H groups in total. The highest BCUT2D eigenvalue weighted by atomic mass is 17.2. The highest BCUT2D eigenvalue weighted by Gasteiger charge is 2.65. The molecule has 6 aliphatic rings. The monoisotopic (exact) mass is 381 g/mol. The summed E-state index contributed by atoms with van der Waals surface area (Å²) in [7, 11) is 0. The minimum Gasteiger partial charge on any atom is -0.330 e. The van der Waals surface area contributed by atoms with Crippen LogP contribution in [-0.2, 0) is 16.2 Å². The molecular formula is C25H35NO2. The normalized spacial score (nSPS) is 46.7. The minimum absolute atomic E-state index is 0.0335. The van der Waals surface area contributed by atoms with Crippen LogP contribution < -0.4 is 5.73 Å². The van der Waals surface area contributed by atoms with Crippen LogP contribution in [0.2, 0.25) is 0 Å². The smallest absolute Gasteiger partial charge is 0.112 e. The van der Waals surface area contributed by atoms with Gasteiger partial charge in [-0.3, -0.25) is 0 Å². The second-order valence-electron chi connectivity index (χ2n) is 10.9. The van der Waals surface area contributed by atoms with Crippen molar-refractivity contribution in [1.82, 2.24) is 0 Å². The lowest BCUT2D eigenvalue weighted by Crippen LogP contribution is -2.58. The fourth-order valence-electron chi connectivity index (χ4n) is 8.10. The van der Waals surface area contributed by atoms with Crippen molar-refractivity contribution in [1.29, 1.82) is 0 Å². The molecule has 4 bridgehead atoms. The van der Waals surface area contributed by atoms with Crippen LogP contribution >= 0.6 is 0 Å². The maximum Gasteiger partial charge on any atom is 0.112 e. The van der Waals surface area contributed by atoms with Crippen molar-refractivity contribution in [3.63, 3.8) is 0 Å². The highest BCUT2D eigenvalue weighted by molar-refractivity contribution is 5.27. The van der Waals surface area contributed by atoms with Crippen LogP contribution in [0.5, 0.6) is 0 Å². The average molecular weight is 382 g/mol. The molecule has 28 heavy (non-hydrogen) atoms. The summed E-state index contributed by atoms with van der Waals surface area (Å²) >= 11 is 0. The van der Waals surface area contributed by atoms with Crippen molar-refractivity contribution in [2.24, 2.45) is 29.4 Å². The summed E-state index contributed by atoms with van der Waals surface area (Å²) < 4.78 is 0. The van der Waals surface area contributed by atoms with E-state index in [2.05, 4.69) is 24.3 Å². The third-order valence-electron chi connectivity index (χ3n) is 9.18. The maximum atomic E-state index is 6.43. The van der Waals surface area contributed by atoms with Crippen LogP contribution in [0.3, 0.4) is 0 Å². The van der Waals surface area contributed by atoms with Crippen LogP contribution in [0, 0.1) is 23.7 Å². The van der Waals surface area contributed by atoms with Crippen LogP contribution in [-0.4, -0.2) is 17.7 Å². The Morgan fingerprint density at radius 3 is 2.32 bits per heavy atom. The van der Waals surface area contributed by atoms with Crippen LogP contribution in [0.4, 0.5) is 0 Å². The highest BCUT2D eigenvalue weighted by Crippen LogP contribution is 2.65. The SMILES string of the molecule is NCCc1ccc([C@@H]2CCC[C@@]3(C2)CC2(OO3)C3CC4CC(C3)CC2C4)cc1. The van der Waals surface area contributed by atoms with Crippen molar-refractivity contribution < 1.29 is 9.78 Å². The van der Waals surface area contributed by atoms with E-state index in [9.17, 15) is 0 Å². The van der Waals surface area contributed by atoms with E-state index in [0.717, 1.165) is 49.5 Å². The maximum absolute atomic E-state index is 6.43. The molecule has 0 aromatic heterocycles. The average Bonchev–Trinajstić information content (AvgIpc) is 3.06. The molecule has 3 nitrogen and oxygen atoms in total. The zero-order chi connectivity index (χ0) is 18.8. The predicted molar refractivity (Wildman–Crippen MR) is 110 cm³/mol. The summed E-state index contributed by atoms with van der Waals surface area (Å²) in [6.07, 6.45) is 14.1. The van der Waals surface area contributed by atoms with Gasteiger partial charge in [0, 0.05) is 6.42 Å². The van der Waals surface area contributed by atoms with Crippen molar-refractivity contribution in [3.8, 4) is 0 Å². The van der Waals surface area contributed by atoms with Crippen molar-refractivity contribution in [2.75, 3.05) is 6.54 Å². The fourth-order valence-corrected chi connectivity index (χ4v) is 8.10. The molecule has 2 spiro atoms. The van der Waals surface area contributed by atoms with Crippen molar-refractivity contribution >= 4 is 0 Å². The Morgan fingerprint density at radius 1 is 0.929 bits per heavy atom. The van der Waals surface area contributed by atoms with Gasteiger partial charge in [0.2, 0.25) is 0 Å². The molecular weight excluding hydrogens is 346 g/mol. The van der Waals surface area contributed by atoms with E-state index in [1.165, 1.54) is 62.5 Å². The standard InChI is InChI=1S/C25H35NO2/c26-9-7-17-3-5-20(6-4-17)21-2-1-8-24(15-21)16-25(28-27-24)22-11-18-10-19(13-22)14-23(25)12-18/h3-6,18-19,21-23H,1-2,7-16,26H2/t18?,19?,21-,22?,23?,24-,25?/m1/s1.